The normalized spacial score (nSPS) is 11.1. The second-order valence-electron chi connectivity index (χ2n) is 5.16. The zero-order valence-corrected chi connectivity index (χ0v) is 11.3. The van der Waals surface area contributed by atoms with Gasteiger partial charge in [-0.2, -0.15) is 0 Å². The molecule has 1 rings (SSSR count). The van der Waals surface area contributed by atoms with Crippen molar-refractivity contribution in [2.75, 3.05) is 5.32 Å². The van der Waals surface area contributed by atoms with Gasteiger partial charge < -0.3 is 10.4 Å². The van der Waals surface area contributed by atoms with Crippen molar-refractivity contribution in [3.05, 3.63) is 33.9 Å². The fourth-order valence-electron chi connectivity index (χ4n) is 1.75. The van der Waals surface area contributed by atoms with Gasteiger partial charge in [0.2, 0.25) is 0 Å². The van der Waals surface area contributed by atoms with Crippen LogP contribution < -0.4 is 5.32 Å². The van der Waals surface area contributed by atoms with Gasteiger partial charge in [-0.1, -0.05) is 0 Å². The third-order valence-electron chi connectivity index (χ3n) is 2.86. The molecule has 0 aromatic heterocycles. The number of hydrogen-bond acceptors (Lipinski definition) is 4. The molecular formula is C13H18N2O4. The summed E-state index contributed by atoms with van der Waals surface area (Å²) in [6.07, 6.45) is 0.546. The Morgan fingerprint density at radius 1 is 1.47 bits per heavy atom. The number of nitrogens with zero attached hydrogens (tertiary/aromatic N) is 1. The van der Waals surface area contributed by atoms with E-state index in [0.717, 1.165) is 11.3 Å². The fraction of sp³-hybridized carbons (Fsp3) is 0.462. The van der Waals surface area contributed by atoms with E-state index in [4.69, 9.17) is 5.11 Å². The molecule has 1 aromatic carbocycles. The van der Waals surface area contributed by atoms with Crippen molar-refractivity contribution in [2.45, 2.75) is 39.2 Å². The molecular weight excluding hydrogens is 248 g/mol. The summed E-state index contributed by atoms with van der Waals surface area (Å²) in [6.45, 7) is 5.58. The number of nitro benzene ring substituents is 1. The van der Waals surface area contributed by atoms with Gasteiger partial charge >= 0.3 is 5.97 Å². The highest BCUT2D eigenvalue weighted by molar-refractivity contribution is 5.67. The van der Waals surface area contributed by atoms with Crippen LogP contribution in [0.5, 0.6) is 0 Å². The van der Waals surface area contributed by atoms with E-state index in [1.54, 1.807) is 13.0 Å². The standard InChI is InChI=1S/C13H18N2O4/c1-9-8-10(15(18)19)4-5-11(9)14-13(2,3)7-6-12(16)17/h4-5,8,14H,6-7H2,1-3H3,(H,16,17). The van der Waals surface area contributed by atoms with Gasteiger partial charge in [-0.15, -0.1) is 0 Å². The topological polar surface area (TPSA) is 92.5 Å². The first-order chi connectivity index (χ1) is 8.71. The Kier molecular flexibility index (Phi) is 4.47. The quantitative estimate of drug-likeness (QED) is 0.610. The summed E-state index contributed by atoms with van der Waals surface area (Å²) in [6, 6.07) is 4.58. The van der Waals surface area contributed by atoms with Crippen LogP contribution in [0.25, 0.3) is 0 Å². The summed E-state index contributed by atoms with van der Waals surface area (Å²) < 4.78 is 0. The van der Waals surface area contributed by atoms with Crippen LogP contribution in [0.2, 0.25) is 0 Å². The molecule has 1 aromatic rings. The van der Waals surface area contributed by atoms with Crippen LogP contribution in [0.15, 0.2) is 18.2 Å². The maximum atomic E-state index is 10.6. The van der Waals surface area contributed by atoms with Crippen molar-refractivity contribution in [1.82, 2.24) is 0 Å². The van der Waals surface area contributed by atoms with Crippen LogP contribution in [-0.2, 0) is 4.79 Å². The maximum Gasteiger partial charge on any atom is 0.303 e. The number of carbonyl (C=O) groups is 1. The van der Waals surface area contributed by atoms with Gasteiger partial charge in [0.15, 0.2) is 0 Å². The average molecular weight is 266 g/mol. The summed E-state index contributed by atoms with van der Waals surface area (Å²) in [4.78, 5) is 20.8. The minimum absolute atomic E-state index is 0.0476. The zero-order valence-electron chi connectivity index (χ0n) is 11.3. The van der Waals surface area contributed by atoms with Gasteiger partial charge in [-0.25, -0.2) is 0 Å². The third kappa shape index (κ3) is 4.57. The number of hydrogen-bond donors (Lipinski definition) is 2. The second-order valence-corrected chi connectivity index (χ2v) is 5.16. The van der Waals surface area contributed by atoms with Crippen LogP contribution in [0.1, 0.15) is 32.3 Å². The van der Waals surface area contributed by atoms with E-state index in [0.29, 0.717) is 6.42 Å². The largest absolute Gasteiger partial charge is 0.481 e. The highest BCUT2D eigenvalue weighted by Gasteiger charge is 2.20. The molecule has 104 valence electrons. The molecule has 0 saturated carbocycles. The van der Waals surface area contributed by atoms with Crippen LogP contribution in [0.3, 0.4) is 0 Å². The number of benzene rings is 1. The van der Waals surface area contributed by atoms with Gasteiger partial charge in [-0.05, 0) is 38.8 Å². The van der Waals surface area contributed by atoms with Gasteiger partial charge in [0, 0.05) is 29.8 Å². The lowest BCUT2D eigenvalue weighted by molar-refractivity contribution is -0.384. The monoisotopic (exact) mass is 266 g/mol. The van der Waals surface area contributed by atoms with E-state index in [1.807, 2.05) is 13.8 Å². The second kappa shape index (κ2) is 5.69. The van der Waals surface area contributed by atoms with E-state index >= 15 is 0 Å². The van der Waals surface area contributed by atoms with Gasteiger partial charge in [-0.3, -0.25) is 14.9 Å². The van der Waals surface area contributed by atoms with Crippen LogP contribution in [0, 0.1) is 17.0 Å². The molecule has 2 N–H and O–H groups in total. The fourth-order valence-corrected chi connectivity index (χ4v) is 1.75. The van der Waals surface area contributed by atoms with E-state index in [-0.39, 0.29) is 17.6 Å². The number of carboxylic acids is 1. The molecule has 19 heavy (non-hydrogen) atoms. The number of non-ortho nitro benzene ring substituents is 1. The predicted molar refractivity (Wildman–Crippen MR) is 72.4 cm³/mol. The Bertz CT molecular complexity index is 497. The molecule has 0 aliphatic heterocycles. The van der Waals surface area contributed by atoms with Crippen molar-refractivity contribution in [3.8, 4) is 0 Å². The summed E-state index contributed by atoms with van der Waals surface area (Å²) in [5.74, 6) is -0.838. The van der Waals surface area contributed by atoms with E-state index in [2.05, 4.69) is 5.32 Å². The molecule has 6 heteroatoms. The summed E-state index contributed by atoms with van der Waals surface area (Å²) in [7, 11) is 0. The number of nitro groups is 1. The lowest BCUT2D eigenvalue weighted by atomic mass is 9.97. The Balaban J connectivity index is 2.81. The van der Waals surface area contributed by atoms with Crippen LogP contribution in [-0.4, -0.2) is 21.5 Å². The van der Waals surface area contributed by atoms with Crippen molar-refractivity contribution in [2.24, 2.45) is 0 Å². The van der Waals surface area contributed by atoms with Gasteiger partial charge in [0.25, 0.3) is 5.69 Å². The first-order valence-corrected chi connectivity index (χ1v) is 5.96. The van der Waals surface area contributed by atoms with Crippen LogP contribution >= 0.6 is 0 Å². The van der Waals surface area contributed by atoms with Crippen molar-refractivity contribution in [1.29, 1.82) is 0 Å². The molecule has 6 nitrogen and oxygen atoms in total. The van der Waals surface area contributed by atoms with E-state index in [9.17, 15) is 14.9 Å². The Morgan fingerprint density at radius 3 is 2.58 bits per heavy atom. The first kappa shape index (κ1) is 14.9. The predicted octanol–water partition coefficient (Wildman–Crippen LogP) is 2.96. The van der Waals surface area contributed by atoms with Gasteiger partial charge in [0.05, 0.1) is 4.92 Å². The lowest BCUT2D eigenvalue weighted by Crippen LogP contribution is -2.31. The average Bonchev–Trinajstić information content (AvgIpc) is 2.29. The number of rotatable bonds is 6. The maximum absolute atomic E-state index is 10.6. The molecule has 0 fully saturated rings. The summed E-state index contributed by atoms with van der Waals surface area (Å²) in [5, 5.41) is 22.6. The van der Waals surface area contributed by atoms with Crippen LogP contribution in [0.4, 0.5) is 11.4 Å². The molecule has 0 amide bonds. The number of nitrogens with one attached hydrogen (secondary N) is 1. The van der Waals surface area contributed by atoms with Crippen molar-refractivity contribution >= 4 is 17.3 Å². The highest BCUT2D eigenvalue weighted by Crippen LogP contribution is 2.25. The summed E-state index contributed by atoms with van der Waals surface area (Å²) >= 11 is 0. The minimum atomic E-state index is -0.838. The minimum Gasteiger partial charge on any atom is -0.481 e. The summed E-state index contributed by atoms with van der Waals surface area (Å²) in [5.41, 5.74) is 1.20. The van der Waals surface area contributed by atoms with Crippen molar-refractivity contribution < 1.29 is 14.8 Å². The zero-order chi connectivity index (χ0) is 14.6. The van der Waals surface area contributed by atoms with Crippen molar-refractivity contribution in [3.63, 3.8) is 0 Å². The molecule has 0 unspecified atom stereocenters. The number of aryl methyl sites for hydroxylation is 1. The molecule has 0 radical (unpaired) electrons. The van der Waals surface area contributed by atoms with E-state index < -0.39 is 10.9 Å². The number of anilines is 1. The number of carboxylic acid groups (broad SMARTS) is 1. The molecule has 0 aliphatic carbocycles. The molecule has 0 bridgehead atoms. The molecule has 0 atom stereocenters. The number of aliphatic carboxylic acids is 1. The molecule has 0 saturated heterocycles. The van der Waals surface area contributed by atoms with E-state index in [1.165, 1.54) is 12.1 Å². The molecule has 0 aliphatic rings. The Labute approximate surface area is 111 Å². The van der Waals surface area contributed by atoms with Gasteiger partial charge in [0.1, 0.15) is 0 Å². The third-order valence-corrected chi connectivity index (χ3v) is 2.86. The molecule has 0 heterocycles. The lowest BCUT2D eigenvalue weighted by Gasteiger charge is -2.28. The Morgan fingerprint density at radius 2 is 2.11 bits per heavy atom. The highest BCUT2D eigenvalue weighted by atomic mass is 16.6. The SMILES string of the molecule is Cc1cc([N+](=O)[O-])ccc1NC(C)(C)CCC(=O)O. The molecule has 0 spiro atoms. The Hall–Kier alpha value is -2.11. The first-order valence-electron chi connectivity index (χ1n) is 5.96. The smallest absolute Gasteiger partial charge is 0.303 e.